The van der Waals surface area contributed by atoms with Crippen LogP contribution in [0.3, 0.4) is 0 Å². The number of rotatable bonds is 2. The molecule has 2 aromatic carbocycles. The van der Waals surface area contributed by atoms with Gasteiger partial charge in [-0.25, -0.2) is 4.79 Å². The van der Waals surface area contributed by atoms with Crippen LogP contribution < -0.4 is 10.2 Å². The predicted octanol–water partition coefficient (Wildman–Crippen LogP) is 3.57. The van der Waals surface area contributed by atoms with E-state index in [1.54, 1.807) is 30.3 Å². The molecule has 2 aromatic rings. The fraction of sp³-hybridized carbons (Fsp3) is 0. The number of carbonyl (C=O) groups is 1. The Bertz CT molecular complexity index is 669. The first kappa shape index (κ1) is 13.6. The first-order chi connectivity index (χ1) is 9.08. The fourth-order valence-corrected chi connectivity index (χ4v) is 1.89. The molecule has 3 nitrogen and oxygen atoms in total. The van der Waals surface area contributed by atoms with Gasteiger partial charge in [-0.15, -0.1) is 0 Å². The molecule has 0 saturated carbocycles. The van der Waals surface area contributed by atoms with Gasteiger partial charge in [-0.1, -0.05) is 41.4 Å². The maximum atomic E-state index is 11.9. The summed E-state index contributed by atoms with van der Waals surface area (Å²) in [5.74, 6) is -0.885. The van der Waals surface area contributed by atoms with Gasteiger partial charge in [0.2, 0.25) is 5.43 Å². The van der Waals surface area contributed by atoms with Gasteiger partial charge in [0.05, 0.1) is 10.6 Å². The maximum absolute atomic E-state index is 11.9. The summed E-state index contributed by atoms with van der Waals surface area (Å²) >= 11 is 11.7. The van der Waals surface area contributed by atoms with Crippen molar-refractivity contribution >= 4 is 29.2 Å². The van der Waals surface area contributed by atoms with Crippen LogP contribution >= 0.6 is 23.2 Å². The van der Waals surface area contributed by atoms with E-state index in [0.29, 0.717) is 5.56 Å². The quantitative estimate of drug-likeness (QED) is 0.795. The Kier molecular flexibility index (Phi) is 4.20. The Morgan fingerprint density at radius 3 is 2.37 bits per heavy atom. The van der Waals surface area contributed by atoms with Crippen LogP contribution in [0.5, 0.6) is 5.75 Å². The zero-order valence-corrected chi connectivity index (χ0v) is 11.1. The Morgan fingerprint density at radius 1 is 1.00 bits per heavy atom. The summed E-state index contributed by atoms with van der Waals surface area (Å²) in [6.07, 6.45) is 0. The molecule has 0 atom stereocenters. The monoisotopic (exact) mass is 294 g/mol. The molecule has 0 amide bonds. The molecule has 0 N–H and O–H groups in total. The molecular formula is C14H8Cl2O3. The zero-order valence-electron chi connectivity index (χ0n) is 9.60. The van der Waals surface area contributed by atoms with E-state index in [4.69, 9.17) is 27.9 Å². The van der Waals surface area contributed by atoms with Crippen LogP contribution in [0.25, 0.3) is 0 Å². The van der Waals surface area contributed by atoms with E-state index >= 15 is 0 Å². The zero-order chi connectivity index (χ0) is 13.8. The van der Waals surface area contributed by atoms with Gasteiger partial charge in [0.15, 0.2) is 5.75 Å². The van der Waals surface area contributed by atoms with Gasteiger partial charge in [0.25, 0.3) is 0 Å². The maximum Gasteiger partial charge on any atom is 0.343 e. The summed E-state index contributed by atoms with van der Waals surface area (Å²) in [6, 6.07) is 12.2. The summed E-state index contributed by atoms with van der Waals surface area (Å²) in [5.41, 5.74) is -0.184. The minimum absolute atomic E-state index is 0.00992. The standard InChI is InChI=1S/C14H8Cl2O3/c15-10-6-7-12(17)13(11(16)8-10)19-14(18)9-4-2-1-3-5-9/h1-8H. The second-order valence-corrected chi connectivity index (χ2v) is 4.50. The molecule has 96 valence electrons. The van der Waals surface area contributed by atoms with Crippen LogP contribution in [0.1, 0.15) is 10.4 Å². The van der Waals surface area contributed by atoms with Gasteiger partial charge in [-0.3, -0.25) is 4.79 Å². The number of ether oxygens (including phenoxy) is 1. The SMILES string of the molecule is O=C(Oc1c(Cl)cc(Cl)ccc1=O)c1ccccc1. The Labute approximate surface area is 119 Å². The molecule has 0 aliphatic heterocycles. The van der Waals surface area contributed by atoms with Gasteiger partial charge in [-0.2, -0.15) is 0 Å². The molecular weight excluding hydrogens is 287 g/mol. The third kappa shape index (κ3) is 3.34. The summed E-state index contributed by atoms with van der Waals surface area (Å²) in [6.45, 7) is 0. The first-order valence-electron chi connectivity index (χ1n) is 5.34. The highest BCUT2D eigenvalue weighted by molar-refractivity contribution is 6.35. The highest BCUT2D eigenvalue weighted by Gasteiger charge is 2.13. The van der Waals surface area contributed by atoms with Crippen LogP contribution in [-0.4, -0.2) is 5.97 Å². The van der Waals surface area contributed by atoms with Crippen molar-refractivity contribution < 1.29 is 9.53 Å². The van der Waals surface area contributed by atoms with Gasteiger partial charge in [0.1, 0.15) is 0 Å². The summed E-state index contributed by atoms with van der Waals surface area (Å²) in [4.78, 5) is 23.6. The molecule has 0 aliphatic rings. The van der Waals surface area contributed by atoms with Crippen LogP contribution in [-0.2, 0) is 0 Å². The molecule has 0 saturated heterocycles. The largest absolute Gasteiger partial charge is 0.417 e. The topological polar surface area (TPSA) is 43.4 Å². The van der Waals surface area contributed by atoms with E-state index in [1.807, 2.05) is 0 Å². The van der Waals surface area contributed by atoms with E-state index in [-0.39, 0.29) is 15.8 Å². The van der Waals surface area contributed by atoms with Crippen molar-refractivity contribution in [1.29, 1.82) is 0 Å². The molecule has 0 unspecified atom stereocenters. The molecule has 2 rings (SSSR count). The van der Waals surface area contributed by atoms with E-state index in [2.05, 4.69) is 0 Å². The first-order valence-corrected chi connectivity index (χ1v) is 6.10. The average molecular weight is 295 g/mol. The summed E-state index contributed by atoms with van der Waals surface area (Å²) < 4.78 is 5.03. The predicted molar refractivity (Wildman–Crippen MR) is 74.1 cm³/mol. The third-order valence-corrected chi connectivity index (χ3v) is 2.82. The lowest BCUT2D eigenvalue weighted by molar-refractivity contribution is 0.0733. The molecule has 0 aliphatic carbocycles. The highest BCUT2D eigenvalue weighted by atomic mass is 35.5. The summed E-state index contributed by atoms with van der Waals surface area (Å²) in [7, 11) is 0. The van der Waals surface area contributed by atoms with Crippen LogP contribution in [0.15, 0.2) is 53.3 Å². The molecule has 0 heterocycles. The Morgan fingerprint density at radius 2 is 1.68 bits per heavy atom. The van der Waals surface area contributed by atoms with Crippen molar-refractivity contribution in [1.82, 2.24) is 0 Å². The lowest BCUT2D eigenvalue weighted by Gasteiger charge is -2.03. The number of halogens is 2. The van der Waals surface area contributed by atoms with E-state index in [9.17, 15) is 9.59 Å². The minimum Gasteiger partial charge on any atom is -0.417 e. The molecule has 5 heteroatoms. The van der Waals surface area contributed by atoms with Gasteiger partial charge >= 0.3 is 5.97 Å². The van der Waals surface area contributed by atoms with Crippen molar-refractivity contribution in [2.24, 2.45) is 0 Å². The van der Waals surface area contributed by atoms with Crippen LogP contribution in [0, 0.1) is 0 Å². The number of esters is 1. The number of benzene rings is 1. The van der Waals surface area contributed by atoms with Crippen molar-refractivity contribution in [3.63, 3.8) is 0 Å². The molecule has 0 spiro atoms. The van der Waals surface area contributed by atoms with Crippen molar-refractivity contribution in [3.8, 4) is 5.75 Å². The molecule has 0 aromatic heterocycles. The second-order valence-electron chi connectivity index (χ2n) is 3.66. The van der Waals surface area contributed by atoms with E-state index in [1.165, 1.54) is 18.2 Å². The van der Waals surface area contributed by atoms with Gasteiger partial charge in [-0.05, 0) is 30.3 Å². The number of hydrogen-bond acceptors (Lipinski definition) is 3. The van der Waals surface area contributed by atoms with Crippen molar-refractivity contribution in [3.05, 3.63) is 74.4 Å². The average Bonchev–Trinajstić information content (AvgIpc) is 2.53. The van der Waals surface area contributed by atoms with Gasteiger partial charge < -0.3 is 4.74 Å². The second kappa shape index (κ2) is 5.87. The molecule has 0 bridgehead atoms. The molecule has 0 fully saturated rings. The minimum atomic E-state index is -0.651. The van der Waals surface area contributed by atoms with Gasteiger partial charge in [0, 0.05) is 5.02 Å². The lowest BCUT2D eigenvalue weighted by Crippen LogP contribution is -2.13. The molecule has 19 heavy (non-hydrogen) atoms. The highest BCUT2D eigenvalue weighted by Crippen LogP contribution is 2.22. The van der Waals surface area contributed by atoms with Crippen molar-refractivity contribution in [2.45, 2.75) is 0 Å². The molecule has 0 radical (unpaired) electrons. The van der Waals surface area contributed by atoms with Crippen LogP contribution in [0.2, 0.25) is 10.0 Å². The smallest absolute Gasteiger partial charge is 0.343 e. The van der Waals surface area contributed by atoms with E-state index < -0.39 is 11.4 Å². The summed E-state index contributed by atoms with van der Waals surface area (Å²) in [5, 5.41) is 0.272. The number of carbonyl (C=O) groups excluding carboxylic acids is 1. The Balaban J connectivity index is 2.38. The Hall–Kier alpha value is -1.84. The third-order valence-electron chi connectivity index (χ3n) is 2.30. The van der Waals surface area contributed by atoms with Crippen LogP contribution in [0.4, 0.5) is 0 Å². The van der Waals surface area contributed by atoms with E-state index in [0.717, 1.165) is 0 Å². The lowest BCUT2D eigenvalue weighted by atomic mass is 10.2. The fourth-order valence-electron chi connectivity index (χ4n) is 1.41. The normalized spacial score (nSPS) is 10.0. The van der Waals surface area contributed by atoms with Crippen molar-refractivity contribution in [2.75, 3.05) is 0 Å². The number of hydrogen-bond donors (Lipinski definition) is 0.